The summed E-state index contributed by atoms with van der Waals surface area (Å²) in [5.74, 6) is 0. The lowest BCUT2D eigenvalue weighted by molar-refractivity contribution is 0.0996. The molecule has 14 heavy (non-hydrogen) atoms. The van der Waals surface area contributed by atoms with Crippen molar-refractivity contribution in [3.63, 3.8) is 0 Å². The largest absolute Gasteiger partial charge is 0.351 e. The van der Waals surface area contributed by atoms with Crippen LogP contribution in [0.3, 0.4) is 0 Å². The van der Waals surface area contributed by atoms with Gasteiger partial charge in [-0.1, -0.05) is 0 Å². The molecule has 4 nitrogen and oxygen atoms in total. The maximum Gasteiger partial charge on any atom is 0.315 e. The highest BCUT2D eigenvalue weighted by molar-refractivity contribution is 5.73. The van der Waals surface area contributed by atoms with Gasteiger partial charge in [-0.2, -0.15) is 0 Å². The fourth-order valence-corrected chi connectivity index (χ4v) is 2.12. The number of hydrogen-bond donors (Lipinski definition) is 2. The number of piperidine rings is 1. The smallest absolute Gasteiger partial charge is 0.315 e. The van der Waals surface area contributed by atoms with E-state index in [4.69, 9.17) is 5.73 Å². The molecule has 82 valence electrons. The minimum Gasteiger partial charge on any atom is -0.351 e. The van der Waals surface area contributed by atoms with E-state index in [0.717, 1.165) is 25.9 Å². The average Bonchev–Trinajstić information content (AvgIpc) is 2.02. The maximum atomic E-state index is 11.4. The Labute approximate surface area is 85.8 Å². The summed E-state index contributed by atoms with van der Waals surface area (Å²) in [5.41, 5.74) is 5.25. The van der Waals surface area contributed by atoms with Crippen LogP contribution in [0.15, 0.2) is 0 Å². The number of rotatable bonds is 1. The number of nitrogens with zero attached hydrogens (tertiary/aromatic N) is 1. The van der Waals surface area contributed by atoms with E-state index >= 15 is 0 Å². The normalized spacial score (nSPS) is 19.4. The lowest BCUT2D eigenvalue weighted by Crippen LogP contribution is -2.56. The monoisotopic (exact) mass is 199 g/mol. The highest BCUT2D eigenvalue weighted by Crippen LogP contribution is 2.21. The summed E-state index contributed by atoms with van der Waals surface area (Å²) in [5, 5.41) is 3.28. The van der Waals surface area contributed by atoms with Crippen LogP contribution in [0.1, 0.15) is 33.6 Å². The topological polar surface area (TPSA) is 58.4 Å². The third-order valence-corrected chi connectivity index (χ3v) is 2.63. The zero-order valence-electron chi connectivity index (χ0n) is 9.34. The van der Waals surface area contributed by atoms with Crippen molar-refractivity contribution in [2.75, 3.05) is 13.1 Å². The Hall–Kier alpha value is -0.770. The molecule has 1 aliphatic heterocycles. The van der Waals surface area contributed by atoms with E-state index in [0.29, 0.717) is 6.04 Å². The van der Waals surface area contributed by atoms with Crippen LogP contribution >= 0.6 is 0 Å². The summed E-state index contributed by atoms with van der Waals surface area (Å²) in [6.07, 6.45) is 2.00. The van der Waals surface area contributed by atoms with Gasteiger partial charge in [-0.25, -0.2) is 4.79 Å². The summed E-state index contributed by atoms with van der Waals surface area (Å²) in [4.78, 5) is 13.2. The molecular formula is C10H21N3O. The first-order valence-electron chi connectivity index (χ1n) is 5.22. The first-order valence-corrected chi connectivity index (χ1v) is 5.22. The molecule has 0 aromatic rings. The van der Waals surface area contributed by atoms with Gasteiger partial charge in [0.1, 0.15) is 0 Å². The SMILES string of the molecule is CC(C)(C)N(C(N)=O)C1CCNCC1. The molecule has 0 aromatic heterocycles. The maximum absolute atomic E-state index is 11.4. The minimum atomic E-state index is -0.301. The van der Waals surface area contributed by atoms with Gasteiger partial charge in [0, 0.05) is 11.6 Å². The van der Waals surface area contributed by atoms with Crippen molar-refractivity contribution >= 4 is 6.03 Å². The van der Waals surface area contributed by atoms with Crippen molar-refractivity contribution in [1.82, 2.24) is 10.2 Å². The Morgan fingerprint density at radius 1 is 1.36 bits per heavy atom. The summed E-state index contributed by atoms with van der Waals surface area (Å²) >= 11 is 0. The fraction of sp³-hybridized carbons (Fsp3) is 0.900. The van der Waals surface area contributed by atoms with Crippen molar-refractivity contribution in [3.8, 4) is 0 Å². The Bertz CT molecular complexity index is 204. The van der Waals surface area contributed by atoms with Gasteiger partial charge < -0.3 is 16.0 Å². The first-order chi connectivity index (χ1) is 6.43. The lowest BCUT2D eigenvalue weighted by atomic mass is 9.98. The molecule has 0 unspecified atom stereocenters. The quantitative estimate of drug-likeness (QED) is 0.659. The number of carbonyl (C=O) groups is 1. The van der Waals surface area contributed by atoms with Crippen molar-refractivity contribution in [2.45, 2.75) is 45.2 Å². The molecule has 3 N–H and O–H groups in total. The second-order valence-electron chi connectivity index (χ2n) is 4.86. The third-order valence-electron chi connectivity index (χ3n) is 2.63. The van der Waals surface area contributed by atoms with Crippen molar-refractivity contribution in [2.24, 2.45) is 5.73 Å². The number of nitrogens with one attached hydrogen (secondary N) is 1. The molecule has 1 heterocycles. The highest BCUT2D eigenvalue weighted by atomic mass is 16.2. The van der Waals surface area contributed by atoms with E-state index < -0.39 is 0 Å². The molecule has 1 saturated heterocycles. The Kier molecular flexibility index (Phi) is 3.37. The first kappa shape index (κ1) is 11.3. The molecule has 0 bridgehead atoms. The van der Waals surface area contributed by atoms with Crippen molar-refractivity contribution in [1.29, 1.82) is 0 Å². The third kappa shape index (κ3) is 2.61. The van der Waals surface area contributed by atoms with Crippen LogP contribution in [-0.4, -0.2) is 35.6 Å². The highest BCUT2D eigenvalue weighted by Gasteiger charge is 2.32. The van der Waals surface area contributed by atoms with Gasteiger partial charge in [0.2, 0.25) is 0 Å². The standard InChI is InChI=1S/C10H21N3O/c1-10(2,3)13(9(11)14)8-4-6-12-7-5-8/h8,12H,4-7H2,1-3H3,(H2,11,14). The van der Waals surface area contributed by atoms with Crippen LogP contribution in [0.2, 0.25) is 0 Å². The van der Waals surface area contributed by atoms with E-state index in [2.05, 4.69) is 5.32 Å². The molecule has 2 amide bonds. The number of carbonyl (C=O) groups excluding carboxylic acids is 1. The number of amides is 2. The van der Waals surface area contributed by atoms with E-state index in [1.54, 1.807) is 0 Å². The van der Waals surface area contributed by atoms with Crippen molar-refractivity contribution < 1.29 is 4.79 Å². The number of hydrogen-bond acceptors (Lipinski definition) is 2. The zero-order valence-corrected chi connectivity index (χ0v) is 9.34. The molecule has 0 radical (unpaired) electrons. The Morgan fingerprint density at radius 3 is 2.21 bits per heavy atom. The van der Waals surface area contributed by atoms with E-state index in [1.807, 2.05) is 25.7 Å². The molecule has 1 aliphatic rings. The summed E-state index contributed by atoms with van der Waals surface area (Å²) in [6, 6.07) is -0.00171. The molecule has 0 atom stereocenters. The van der Waals surface area contributed by atoms with Gasteiger partial charge in [0.05, 0.1) is 0 Å². The Balaban J connectivity index is 2.71. The van der Waals surface area contributed by atoms with Gasteiger partial charge in [-0.3, -0.25) is 0 Å². The predicted octanol–water partition coefficient (Wildman–Crippen LogP) is 0.918. The minimum absolute atomic E-state index is 0.173. The molecule has 0 saturated carbocycles. The fourth-order valence-electron chi connectivity index (χ4n) is 2.12. The van der Waals surface area contributed by atoms with Gasteiger partial charge >= 0.3 is 6.03 Å². The number of primary amides is 1. The second-order valence-corrected chi connectivity index (χ2v) is 4.86. The van der Waals surface area contributed by atoms with E-state index in [1.165, 1.54) is 0 Å². The molecule has 4 heteroatoms. The summed E-state index contributed by atoms with van der Waals surface area (Å²) < 4.78 is 0. The van der Waals surface area contributed by atoms with Crippen LogP contribution in [0.5, 0.6) is 0 Å². The van der Waals surface area contributed by atoms with Crippen LogP contribution in [0.25, 0.3) is 0 Å². The van der Waals surface area contributed by atoms with Gasteiger partial charge in [-0.05, 0) is 46.7 Å². The van der Waals surface area contributed by atoms with Gasteiger partial charge in [0.25, 0.3) is 0 Å². The second kappa shape index (κ2) is 4.17. The van der Waals surface area contributed by atoms with Crippen LogP contribution < -0.4 is 11.1 Å². The molecule has 0 aliphatic carbocycles. The van der Waals surface area contributed by atoms with E-state index in [-0.39, 0.29) is 11.6 Å². The molecule has 0 spiro atoms. The molecule has 1 fully saturated rings. The average molecular weight is 199 g/mol. The summed E-state index contributed by atoms with van der Waals surface area (Å²) in [6.45, 7) is 8.04. The van der Waals surface area contributed by atoms with Crippen LogP contribution in [0.4, 0.5) is 4.79 Å². The lowest BCUT2D eigenvalue weighted by Gasteiger charge is -2.42. The van der Waals surface area contributed by atoms with Gasteiger partial charge in [-0.15, -0.1) is 0 Å². The van der Waals surface area contributed by atoms with Crippen LogP contribution in [0, 0.1) is 0 Å². The predicted molar refractivity (Wildman–Crippen MR) is 57.1 cm³/mol. The van der Waals surface area contributed by atoms with E-state index in [9.17, 15) is 4.79 Å². The number of nitrogens with two attached hydrogens (primary N) is 1. The molecular weight excluding hydrogens is 178 g/mol. The zero-order chi connectivity index (χ0) is 10.8. The molecule has 0 aromatic carbocycles. The van der Waals surface area contributed by atoms with Crippen LogP contribution in [-0.2, 0) is 0 Å². The summed E-state index contributed by atoms with van der Waals surface area (Å²) in [7, 11) is 0. The van der Waals surface area contributed by atoms with Gasteiger partial charge in [0.15, 0.2) is 0 Å². The van der Waals surface area contributed by atoms with Crippen molar-refractivity contribution in [3.05, 3.63) is 0 Å². The Morgan fingerprint density at radius 2 is 1.86 bits per heavy atom. The molecule has 1 rings (SSSR count). The number of urea groups is 1.